The highest BCUT2D eigenvalue weighted by atomic mass is 16.5. The molecular weight excluding hydrogens is 374 g/mol. The number of ether oxygens (including phenoxy) is 3. The molecule has 1 unspecified atom stereocenters. The van der Waals surface area contributed by atoms with E-state index in [-0.39, 0.29) is 18.4 Å². The topological polar surface area (TPSA) is 98.8 Å². The number of benzene rings is 1. The Morgan fingerprint density at radius 2 is 1.83 bits per heavy atom. The van der Waals surface area contributed by atoms with Gasteiger partial charge in [0.1, 0.15) is 12.6 Å². The van der Waals surface area contributed by atoms with Gasteiger partial charge in [-0.15, -0.1) is 0 Å². The Morgan fingerprint density at radius 1 is 1.10 bits per heavy atom. The van der Waals surface area contributed by atoms with Gasteiger partial charge in [0.2, 0.25) is 5.91 Å². The van der Waals surface area contributed by atoms with Crippen molar-refractivity contribution in [3.8, 4) is 11.5 Å². The summed E-state index contributed by atoms with van der Waals surface area (Å²) in [5.41, 5.74) is 1.48. The van der Waals surface area contributed by atoms with Gasteiger partial charge in [-0.2, -0.15) is 0 Å². The van der Waals surface area contributed by atoms with E-state index in [1.165, 1.54) is 0 Å². The molecule has 2 amide bonds. The van der Waals surface area contributed by atoms with E-state index in [1.54, 1.807) is 44.6 Å². The first-order valence-electron chi connectivity index (χ1n) is 9.38. The molecule has 8 heteroatoms. The number of rotatable bonds is 9. The van der Waals surface area contributed by atoms with Crippen molar-refractivity contribution < 1.29 is 23.8 Å². The lowest BCUT2D eigenvalue weighted by atomic mass is 10.0. The standard InChI is InChI=1S/C21H27N3O5/c1-5-28-21(26)24-19(14(2)3)20(25)23-16-6-7-17(27-4)18(12-16)29-13-15-8-10-22-11-9-15/h6-12,14,19H,5,13H2,1-4H3,(H,23,25)(H,24,26). The van der Waals surface area contributed by atoms with Crippen LogP contribution in [0.15, 0.2) is 42.7 Å². The maximum atomic E-state index is 12.7. The molecule has 0 aliphatic heterocycles. The molecule has 0 aliphatic rings. The fourth-order valence-corrected chi connectivity index (χ4v) is 2.56. The molecule has 8 nitrogen and oxygen atoms in total. The molecule has 2 N–H and O–H groups in total. The maximum Gasteiger partial charge on any atom is 0.407 e. The fraction of sp³-hybridized carbons (Fsp3) is 0.381. The second kappa shape index (κ2) is 10.9. The van der Waals surface area contributed by atoms with Gasteiger partial charge in [-0.05, 0) is 42.7 Å². The van der Waals surface area contributed by atoms with Crippen LogP contribution in [0.5, 0.6) is 11.5 Å². The summed E-state index contributed by atoms with van der Waals surface area (Å²) in [7, 11) is 1.55. The maximum absolute atomic E-state index is 12.7. The number of anilines is 1. The zero-order chi connectivity index (χ0) is 21.2. The van der Waals surface area contributed by atoms with Gasteiger partial charge >= 0.3 is 6.09 Å². The van der Waals surface area contributed by atoms with E-state index in [0.717, 1.165) is 5.56 Å². The van der Waals surface area contributed by atoms with Gasteiger partial charge in [-0.3, -0.25) is 9.78 Å². The fourth-order valence-electron chi connectivity index (χ4n) is 2.56. The molecule has 0 fully saturated rings. The number of alkyl carbamates (subject to hydrolysis) is 1. The number of nitrogens with one attached hydrogen (secondary N) is 2. The van der Waals surface area contributed by atoms with Gasteiger partial charge in [0.25, 0.3) is 0 Å². The second-order valence-electron chi connectivity index (χ2n) is 6.59. The predicted molar refractivity (Wildman–Crippen MR) is 109 cm³/mol. The number of nitrogens with zero attached hydrogens (tertiary/aromatic N) is 1. The van der Waals surface area contributed by atoms with E-state index in [4.69, 9.17) is 14.2 Å². The van der Waals surface area contributed by atoms with Crippen molar-refractivity contribution in [2.75, 3.05) is 19.0 Å². The van der Waals surface area contributed by atoms with Crippen LogP contribution >= 0.6 is 0 Å². The predicted octanol–water partition coefficient (Wildman–Crippen LogP) is 3.38. The van der Waals surface area contributed by atoms with Crippen LogP contribution in [0, 0.1) is 5.92 Å². The molecule has 0 aliphatic carbocycles. The van der Waals surface area contributed by atoms with Crippen LogP contribution in [0.4, 0.5) is 10.5 Å². The smallest absolute Gasteiger partial charge is 0.407 e. The first kappa shape index (κ1) is 22.0. The van der Waals surface area contributed by atoms with Gasteiger partial charge in [-0.1, -0.05) is 13.8 Å². The first-order chi connectivity index (χ1) is 13.9. The molecule has 0 saturated carbocycles. The summed E-state index contributed by atoms with van der Waals surface area (Å²) in [5, 5.41) is 5.39. The molecule has 0 bridgehead atoms. The van der Waals surface area contributed by atoms with Crippen LogP contribution in [-0.4, -0.2) is 36.7 Å². The van der Waals surface area contributed by atoms with E-state index in [9.17, 15) is 9.59 Å². The molecule has 0 saturated heterocycles. The van der Waals surface area contributed by atoms with Gasteiger partial charge in [0.05, 0.1) is 13.7 Å². The Balaban J connectivity index is 2.10. The van der Waals surface area contributed by atoms with Crippen molar-refractivity contribution in [2.45, 2.75) is 33.4 Å². The third-order valence-corrected chi connectivity index (χ3v) is 4.07. The summed E-state index contributed by atoms with van der Waals surface area (Å²) in [4.78, 5) is 28.4. The number of carbonyl (C=O) groups excluding carboxylic acids is 2. The van der Waals surface area contributed by atoms with E-state index in [2.05, 4.69) is 15.6 Å². The Kier molecular flexibility index (Phi) is 8.27. The summed E-state index contributed by atoms with van der Waals surface area (Å²) in [6.07, 6.45) is 2.75. The molecule has 0 radical (unpaired) electrons. The highest BCUT2D eigenvalue weighted by Crippen LogP contribution is 2.31. The Hall–Kier alpha value is -3.29. The molecule has 1 heterocycles. The van der Waals surface area contributed by atoms with Gasteiger partial charge < -0.3 is 24.8 Å². The summed E-state index contributed by atoms with van der Waals surface area (Å²) in [6, 6.07) is 8.06. The lowest BCUT2D eigenvalue weighted by Gasteiger charge is -2.21. The van der Waals surface area contributed by atoms with E-state index in [1.807, 2.05) is 26.0 Å². The zero-order valence-electron chi connectivity index (χ0n) is 17.1. The van der Waals surface area contributed by atoms with Crippen molar-refractivity contribution in [1.82, 2.24) is 10.3 Å². The van der Waals surface area contributed by atoms with Crippen LogP contribution < -0.4 is 20.1 Å². The molecule has 29 heavy (non-hydrogen) atoms. The van der Waals surface area contributed by atoms with E-state index < -0.39 is 12.1 Å². The minimum Gasteiger partial charge on any atom is -0.493 e. The Morgan fingerprint density at radius 3 is 2.45 bits per heavy atom. The summed E-state index contributed by atoms with van der Waals surface area (Å²) < 4.78 is 16.1. The number of methoxy groups -OCH3 is 1. The third-order valence-electron chi connectivity index (χ3n) is 4.07. The first-order valence-corrected chi connectivity index (χ1v) is 9.38. The highest BCUT2D eigenvalue weighted by molar-refractivity contribution is 5.97. The van der Waals surface area contributed by atoms with Gasteiger partial charge in [0, 0.05) is 24.1 Å². The summed E-state index contributed by atoms with van der Waals surface area (Å²) >= 11 is 0. The molecular formula is C21H27N3O5. The molecule has 1 aromatic heterocycles. The number of hydrogen-bond donors (Lipinski definition) is 2. The molecule has 1 atom stereocenters. The van der Waals surface area contributed by atoms with Crippen molar-refractivity contribution in [3.63, 3.8) is 0 Å². The molecule has 2 rings (SSSR count). The largest absolute Gasteiger partial charge is 0.493 e. The van der Waals surface area contributed by atoms with Crippen LogP contribution in [0.3, 0.4) is 0 Å². The normalized spacial score (nSPS) is 11.5. The SMILES string of the molecule is CCOC(=O)NC(C(=O)Nc1ccc(OC)c(OCc2ccncc2)c1)C(C)C. The lowest BCUT2D eigenvalue weighted by molar-refractivity contribution is -0.119. The Labute approximate surface area is 170 Å². The highest BCUT2D eigenvalue weighted by Gasteiger charge is 2.25. The van der Waals surface area contributed by atoms with Crippen LogP contribution in [0.25, 0.3) is 0 Å². The van der Waals surface area contributed by atoms with Crippen molar-refractivity contribution in [1.29, 1.82) is 0 Å². The molecule has 156 valence electrons. The van der Waals surface area contributed by atoms with E-state index >= 15 is 0 Å². The number of carbonyl (C=O) groups is 2. The van der Waals surface area contributed by atoms with Crippen molar-refractivity contribution in [2.24, 2.45) is 5.92 Å². The minimum atomic E-state index is -0.739. The number of aromatic nitrogens is 1. The quantitative estimate of drug-likeness (QED) is 0.668. The number of pyridine rings is 1. The second-order valence-corrected chi connectivity index (χ2v) is 6.59. The average Bonchev–Trinajstić information content (AvgIpc) is 2.71. The summed E-state index contributed by atoms with van der Waals surface area (Å²) in [5.74, 6) is 0.557. The Bertz CT molecular complexity index is 811. The average molecular weight is 401 g/mol. The van der Waals surface area contributed by atoms with Crippen molar-refractivity contribution >= 4 is 17.7 Å². The number of hydrogen-bond acceptors (Lipinski definition) is 6. The lowest BCUT2D eigenvalue weighted by Crippen LogP contribution is -2.47. The zero-order valence-corrected chi connectivity index (χ0v) is 17.1. The van der Waals surface area contributed by atoms with Gasteiger partial charge in [-0.25, -0.2) is 4.79 Å². The molecule has 1 aromatic carbocycles. The molecule has 0 spiro atoms. The van der Waals surface area contributed by atoms with E-state index in [0.29, 0.717) is 23.8 Å². The molecule has 2 aromatic rings. The third kappa shape index (κ3) is 6.67. The van der Waals surface area contributed by atoms with Crippen LogP contribution in [0.2, 0.25) is 0 Å². The van der Waals surface area contributed by atoms with Crippen LogP contribution in [0.1, 0.15) is 26.3 Å². The number of amides is 2. The van der Waals surface area contributed by atoms with Gasteiger partial charge in [0.15, 0.2) is 11.5 Å². The van der Waals surface area contributed by atoms with Crippen molar-refractivity contribution in [3.05, 3.63) is 48.3 Å². The van der Waals surface area contributed by atoms with Crippen LogP contribution in [-0.2, 0) is 16.1 Å². The summed E-state index contributed by atoms with van der Waals surface area (Å²) in [6.45, 7) is 5.95. The minimum absolute atomic E-state index is 0.125. The monoisotopic (exact) mass is 401 g/mol.